The second-order valence-corrected chi connectivity index (χ2v) is 6.94. The SMILES string of the molecule is CNC[C@H]1CCN(C(=O)[C@@H](C)Oc2cc(C(C)C)ccc2C)C1. The Labute approximate surface area is 140 Å². The van der Waals surface area contributed by atoms with E-state index in [9.17, 15) is 4.79 Å². The molecule has 128 valence electrons. The van der Waals surface area contributed by atoms with Gasteiger partial charge in [0.05, 0.1) is 0 Å². The summed E-state index contributed by atoms with van der Waals surface area (Å²) in [5.41, 5.74) is 2.31. The molecule has 0 bridgehead atoms. The summed E-state index contributed by atoms with van der Waals surface area (Å²) in [6, 6.07) is 6.26. The lowest BCUT2D eigenvalue weighted by Gasteiger charge is -2.23. The Bertz CT molecular complexity index is 542. The number of ether oxygens (including phenoxy) is 1. The van der Waals surface area contributed by atoms with E-state index in [-0.39, 0.29) is 5.91 Å². The van der Waals surface area contributed by atoms with E-state index in [1.807, 2.05) is 25.8 Å². The average molecular weight is 318 g/mol. The molecular formula is C19H30N2O2. The zero-order chi connectivity index (χ0) is 17.0. The van der Waals surface area contributed by atoms with Crippen LogP contribution < -0.4 is 10.1 Å². The van der Waals surface area contributed by atoms with Gasteiger partial charge in [0.15, 0.2) is 6.10 Å². The number of rotatable bonds is 6. The molecule has 1 N–H and O–H groups in total. The molecule has 0 aromatic heterocycles. The van der Waals surface area contributed by atoms with E-state index in [1.54, 1.807) is 0 Å². The molecule has 1 aliphatic heterocycles. The molecule has 1 amide bonds. The van der Waals surface area contributed by atoms with E-state index in [1.165, 1.54) is 5.56 Å². The molecule has 2 rings (SSSR count). The number of hydrogen-bond donors (Lipinski definition) is 1. The van der Waals surface area contributed by atoms with Crippen LogP contribution in [0.2, 0.25) is 0 Å². The molecule has 1 aliphatic rings. The van der Waals surface area contributed by atoms with Gasteiger partial charge in [-0.25, -0.2) is 0 Å². The summed E-state index contributed by atoms with van der Waals surface area (Å²) in [4.78, 5) is 14.5. The summed E-state index contributed by atoms with van der Waals surface area (Å²) in [7, 11) is 1.96. The van der Waals surface area contributed by atoms with E-state index in [4.69, 9.17) is 4.74 Å². The minimum absolute atomic E-state index is 0.0953. The van der Waals surface area contributed by atoms with Gasteiger partial charge in [-0.05, 0) is 62.9 Å². The normalized spacial score (nSPS) is 19.2. The van der Waals surface area contributed by atoms with Crippen molar-refractivity contribution in [2.24, 2.45) is 5.92 Å². The van der Waals surface area contributed by atoms with Crippen LogP contribution in [0.5, 0.6) is 5.75 Å². The molecule has 1 saturated heterocycles. The largest absolute Gasteiger partial charge is 0.481 e. The van der Waals surface area contributed by atoms with Gasteiger partial charge in [0.2, 0.25) is 0 Å². The van der Waals surface area contributed by atoms with E-state index in [0.29, 0.717) is 11.8 Å². The first-order valence-electron chi connectivity index (χ1n) is 8.63. The van der Waals surface area contributed by atoms with Gasteiger partial charge in [-0.2, -0.15) is 0 Å². The Hall–Kier alpha value is -1.55. The number of carbonyl (C=O) groups is 1. The Balaban J connectivity index is 2.00. The first kappa shape index (κ1) is 17.8. The van der Waals surface area contributed by atoms with Crippen molar-refractivity contribution < 1.29 is 9.53 Å². The molecule has 0 saturated carbocycles. The fourth-order valence-electron chi connectivity index (χ4n) is 3.09. The van der Waals surface area contributed by atoms with Crippen molar-refractivity contribution in [2.45, 2.75) is 46.1 Å². The van der Waals surface area contributed by atoms with Crippen LogP contribution in [-0.4, -0.2) is 43.6 Å². The fourth-order valence-corrected chi connectivity index (χ4v) is 3.09. The number of nitrogens with zero attached hydrogens (tertiary/aromatic N) is 1. The van der Waals surface area contributed by atoms with Crippen LogP contribution in [0.3, 0.4) is 0 Å². The molecule has 0 unspecified atom stereocenters. The molecule has 4 heteroatoms. The molecular weight excluding hydrogens is 288 g/mol. The van der Waals surface area contributed by atoms with Crippen LogP contribution >= 0.6 is 0 Å². The van der Waals surface area contributed by atoms with Crippen LogP contribution in [0.15, 0.2) is 18.2 Å². The molecule has 1 fully saturated rings. The van der Waals surface area contributed by atoms with Crippen molar-refractivity contribution in [3.63, 3.8) is 0 Å². The highest BCUT2D eigenvalue weighted by Gasteiger charge is 2.29. The summed E-state index contributed by atoms with van der Waals surface area (Å²) < 4.78 is 6.00. The molecule has 1 aromatic rings. The maximum absolute atomic E-state index is 12.6. The van der Waals surface area contributed by atoms with E-state index in [2.05, 4.69) is 37.4 Å². The molecule has 0 radical (unpaired) electrons. The van der Waals surface area contributed by atoms with Gasteiger partial charge in [0.1, 0.15) is 5.75 Å². The monoisotopic (exact) mass is 318 g/mol. The lowest BCUT2D eigenvalue weighted by Crippen LogP contribution is -2.39. The maximum atomic E-state index is 12.6. The lowest BCUT2D eigenvalue weighted by molar-refractivity contribution is -0.137. The topological polar surface area (TPSA) is 41.6 Å². The van der Waals surface area contributed by atoms with Crippen molar-refractivity contribution in [2.75, 3.05) is 26.7 Å². The van der Waals surface area contributed by atoms with Gasteiger partial charge in [-0.3, -0.25) is 4.79 Å². The second-order valence-electron chi connectivity index (χ2n) is 6.94. The van der Waals surface area contributed by atoms with Gasteiger partial charge in [-0.1, -0.05) is 26.0 Å². The highest BCUT2D eigenvalue weighted by molar-refractivity contribution is 5.81. The van der Waals surface area contributed by atoms with Crippen LogP contribution in [-0.2, 0) is 4.79 Å². The molecule has 0 aliphatic carbocycles. The quantitative estimate of drug-likeness (QED) is 0.877. The van der Waals surface area contributed by atoms with Gasteiger partial charge < -0.3 is 15.0 Å². The van der Waals surface area contributed by atoms with Crippen LogP contribution in [0.25, 0.3) is 0 Å². The first-order chi connectivity index (χ1) is 10.9. The summed E-state index contributed by atoms with van der Waals surface area (Å²) in [5, 5.41) is 3.19. The number of hydrogen-bond acceptors (Lipinski definition) is 3. The van der Waals surface area contributed by atoms with E-state index < -0.39 is 6.10 Å². The summed E-state index contributed by atoms with van der Waals surface area (Å²) in [5.74, 6) is 1.92. The third kappa shape index (κ3) is 4.47. The first-order valence-corrected chi connectivity index (χ1v) is 8.63. The van der Waals surface area contributed by atoms with Crippen LogP contribution in [0.4, 0.5) is 0 Å². The van der Waals surface area contributed by atoms with Crippen LogP contribution in [0.1, 0.15) is 44.2 Å². The number of aryl methyl sites for hydroxylation is 1. The molecule has 23 heavy (non-hydrogen) atoms. The number of amides is 1. The number of benzene rings is 1. The number of nitrogens with one attached hydrogen (secondary N) is 1. The van der Waals surface area contributed by atoms with Gasteiger partial charge in [0, 0.05) is 13.1 Å². The Morgan fingerprint density at radius 2 is 2.13 bits per heavy atom. The van der Waals surface area contributed by atoms with Gasteiger partial charge in [-0.15, -0.1) is 0 Å². The lowest BCUT2D eigenvalue weighted by atomic mass is 10.0. The van der Waals surface area contributed by atoms with Gasteiger partial charge in [0.25, 0.3) is 5.91 Å². The van der Waals surface area contributed by atoms with Crippen molar-refractivity contribution in [1.29, 1.82) is 0 Å². The van der Waals surface area contributed by atoms with E-state index >= 15 is 0 Å². The highest BCUT2D eigenvalue weighted by Crippen LogP contribution is 2.26. The molecule has 0 spiro atoms. The summed E-state index contributed by atoms with van der Waals surface area (Å²) in [6.07, 6.45) is 0.630. The minimum atomic E-state index is -0.440. The predicted octanol–water partition coefficient (Wildman–Crippen LogP) is 2.95. The fraction of sp³-hybridized carbons (Fsp3) is 0.632. The molecule has 1 aromatic carbocycles. The van der Waals surface area contributed by atoms with Crippen molar-refractivity contribution in [1.82, 2.24) is 10.2 Å². The third-order valence-electron chi connectivity index (χ3n) is 4.62. The number of likely N-dealkylation sites (tertiary alicyclic amines) is 1. The molecule has 1 heterocycles. The van der Waals surface area contributed by atoms with Crippen molar-refractivity contribution in [3.8, 4) is 5.75 Å². The third-order valence-corrected chi connectivity index (χ3v) is 4.62. The standard InChI is InChI=1S/C19H30N2O2/c1-13(2)17-7-6-14(3)18(10-17)23-15(4)19(22)21-9-8-16(12-21)11-20-5/h6-7,10,13,15-16,20H,8-9,11-12H2,1-5H3/t15-,16-/m1/s1. The summed E-state index contributed by atoms with van der Waals surface area (Å²) in [6.45, 7) is 10.8. The maximum Gasteiger partial charge on any atom is 0.263 e. The minimum Gasteiger partial charge on any atom is -0.481 e. The van der Waals surface area contributed by atoms with E-state index in [0.717, 1.165) is 37.4 Å². The van der Waals surface area contributed by atoms with Crippen molar-refractivity contribution in [3.05, 3.63) is 29.3 Å². The molecule has 4 nitrogen and oxygen atoms in total. The van der Waals surface area contributed by atoms with Crippen LogP contribution in [0, 0.1) is 12.8 Å². The zero-order valence-electron chi connectivity index (χ0n) is 15.1. The average Bonchev–Trinajstić information content (AvgIpc) is 2.97. The van der Waals surface area contributed by atoms with Gasteiger partial charge >= 0.3 is 0 Å². The smallest absolute Gasteiger partial charge is 0.263 e. The zero-order valence-corrected chi connectivity index (χ0v) is 15.1. The molecule has 2 atom stereocenters. The Morgan fingerprint density at radius 3 is 2.78 bits per heavy atom. The van der Waals surface area contributed by atoms with Crippen molar-refractivity contribution >= 4 is 5.91 Å². The second kappa shape index (κ2) is 7.82. The predicted molar refractivity (Wildman–Crippen MR) is 94.0 cm³/mol. The Morgan fingerprint density at radius 1 is 1.39 bits per heavy atom. The highest BCUT2D eigenvalue weighted by atomic mass is 16.5. The number of carbonyl (C=O) groups excluding carboxylic acids is 1. The summed E-state index contributed by atoms with van der Waals surface area (Å²) >= 11 is 0. The Kier molecular flexibility index (Phi) is 6.05.